The van der Waals surface area contributed by atoms with Crippen molar-refractivity contribution in [1.29, 1.82) is 0 Å². The largest absolute Gasteiger partial charge is 0.378 e. The summed E-state index contributed by atoms with van der Waals surface area (Å²) in [4.78, 5) is 11.8. The fraction of sp³-hybridized carbons (Fsp3) is 0.923. The number of hydrogen-bond donors (Lipinski definition) is 2. The minimum Gasteiger partial charge on any atom is -0.378 e. The Morgan fingerprint density at radius 2 is 2.50 bits per heavy atom. The second-order valence-electron chi connectivity index (χ2n) is 5.36. The molecule has 104 valence electrons. The molecule has 0 aliphatic carbocycles. The zero-order valence-electron chi connectivity index (χ0n) is 11.2. The summed E-state index contributed by atoms with van der Waals surface area (Å²) in [5.41, 5.74) is -0.301. The number of hydrogen-bond acceptors (Lipinski definition) is 4. The topological polar surface area (TPSA) is 59.6 Å². The lowest BCUT2D eigenvalue weighted by atomic mass is 10.0. The lowest BCUT2D eigenvalue weighted by Gasteiger charge is -2.25. The molecule has 0 saturated carbocycles. The average Bonchev–Trinajstić information content (AvgIpc) is 3.06. The van der Waals surface area contributed by atoms with Gasteiger partial charge in [0.1, 0.15) is 5.60 Å². The first-order valence-corrected chi connectivity index (χ1v) is 6.84. The maximum absolute atomic E-state index is 11.8. The summed E-state index contributed by atoms with van der Waals surface area (Å²) in [5.74, 6) is 0.798. The molecule has 2 unspecified atom stereocenters. The van der Waals surface area contributed by atoms with Gasteiger partial charge in [0, 0.05) is 33.1 Å². The SMILES string of the molecule is COC1(CNC(=O)CCC2CCNC2)CCOC1. The third-order valence-corrected chi connectivity index (χ3v) is 4.05. The molecule has 2 saturated heterocycles. The summed E-state index contributed by atoms with van der Waals surface area (Å²) in [6, 6.07) is 0. The van der Waals surface area contributed by atoms with Crippen LogP contribution in [0.3, 0.4) is 0 Å². The number of rotatable bonds is 6. The van der Waals surface area contributed by atoms with Gasteiger partial charge in [-0.2, -0.15) is 0 Å². The first-order chi connectivity index (χ1) is 8.74. The zero-order valence-corrected chi connectivity index (χ0v) is 11.2. The number of methoxy groups -OCH3 is 1. The van der Waals surface area contributed by atoms with Crippen molar-refractivity contribution in [2.45, 2.75) is 31.3 Å². The summed E-state index contributed by atoms with van der Waals surface area (Å²) >= 11 is 0. The molecule has 18 heavy (non-hydrogen) atoms. The Bertz CT molecular complexity index is 271. The van der Waals surface area contributed by atoms with Crippen LogP contribution < -0.4 is 10.6 Å². The molecule has 2 aliphatic rings. The number of carbonyl (C=O) groups excluding carboxylic acids is 1. The maximum atomic E-state index is 11.8. The highest BCUT2D eigenvalue weighted by Crippen LogP contribution is 2.21. The summed E-state index contributed by atoms with van der Waals surface area (Å²) < 4.78 is 10.8. The fourth-order valence-corrected chi connectivity index (χ4v) is 2.61. The number of amides is 1. The average molecular weight is 256 g/mol. The highest BCUT2D eigenvalue weighted by molar-refractivity contribution is 5.75. The van der Waals surface area contributed by atoms with E-state index in [-0.39, 0.29) is 11.5 Å². The first-order valence-electron chi connectivity index (χ1n) is 6.84. The van der Waals surface area contributed by atoms with Crippen LogP contribution >= 0.6 is 0 Å². The van der Waals surface area contributed by atoms with E-state index >= 15 is 0 Å². The molecule has 5 heteroatoms. The van der Waals surface area contributed by atoms with Crippen molar-refractivity contribution in [2.24, 2.45) is 5.92 Å². The summed E-state index contributed by atoms with van der Waals surface area (Å²) in [5, 5.41) is 6.30. The van der Waals surface area contributed by atoms with Gasteiger partial charge in [0.05, 0.1) is 6.61 Å². The third kappa shape index (κ3) is 3.67. The van der Waals surface area contributed by atoms with Crippen molar-refractivity contribution in [3.63, 3.8) is 0 Å². The van der Waals surface area contributed by atoms with Gasteiger partial charge < -0.3 is 20.1 Å². The van der Waals surface area contributed by atoms with Gasteiger partial charge in [-0.15, -0.1) is 0 Å². The van der Waals surface area contributed by atoms with E-state index in [0.717, 1.165) is 32.5 Å². The molecule has 1 amide bonds. The van der Waals surface area contributed by atoms with Crippen LogP contribution in [-0.4, -0.2) is 51.5 Å². The molecule has 0 spiro atoms. The number of carbonyl (C=O) groups is 1. The predicted octanol–water partition coefficient (Wildman–Crippen LogP) is 0.298. The molecule has 2 N–H and O–H groups in total. The molecule has 2 atom stereocenters. The van der Waals surface area contributed by atoms with Gasteiger partial charge in [-0.05, 0) is 31.8 Å². The zero-order chi connectivity index (χ0) is 12.8. The van der Waals surface area contributed by atoms with Crippen LogP contribution in [0.2, 0.25) is 0 Å². The minimum absolute atomic E-state index is 0.130. The molecule has 0 aromatic rings. The van der Waals surface area contributed by atoms with Gasteiger partial charge in [0.15, 0.2) is 0 Å². The van der Waals surface area contributed by atoms with Crippen LogP contribution in [0.25, 0.3) is 0 Å². The van der Waals surface area contributed by atoms with E-state index in [1.165, 1.54) is 6.42 Å². The van der Waals surface area contributed by atoms with Crippen molar-refractivity contribution in [3.05, 3.63) is 0 Å². The van der Waals surface area contributed by atoms with Crippen LogP contribution in [-0.2, 0) is 14.3 Å². The Balaban J connectivity index is 1.64. The second kappa shape index (κ2) is 6.50. The quantitative estimate of drug-likeness (QED) is 0.717. The summed E-state index contributed by atoms with van der Waals surface area (Å²) in [6.07, 6.45) is 3.65. The monoisotopic (exact) mass is 256 g/mol. The molecule has 5 nitrogen and oxygen atoms in total. The van der Waals surface area contributed by atoms with Gasteiger partial charge in [-0.3, -0.25) is 4.79 Å². The summed E-state index contributed by atoms with van der Waals surface area (Å²) in [6.45, 7) is 4.01. The molecule has 2 rings (SSSR count). The van der Waals surface area contributed by atoms with Crippen molar-refractivity contribution in [1.82, 2.24) is 10.6 Å². The van der Waals surface area contributed by atoms with E-state index in [1.807, 2.05) is 0 Å². The van der Waals surface area contributed by atoms with Crippen molar-refractivity contribution in [2.75, 3.05) is 40.0 Å². The maximum Gasteiger partial charge on any atom is 0.220 e. The highest BCUT2D eigenvalue weighted by atomic mass is 16.5. The smallest absolute Gasteiger partial charge is 0.220 e. The third-order valence-electron chi connectivity index (χ3n) is 4.05. The van der Waals surface area contributed by atoms with E-state index in [4.69, 9.17) is 9.47 Å². The molecular weight excluding hydrogens is 232 g/mol. The predicted molar refractivity (Wildman–Crippen MR) is 68.4 cm³/mol. The summed E-state index contributed by atoms with van der Waals surface area (Å²) in [7, 11) is 1.69. The molecule has 0 bridgehead atoms. The Labute approximate surface area is 109 Å². The van der Waals surface area contributed by atoms with Crippen molar-refractivity contribution >= 4 is 5.91 Å². The molecule has 2 fully saturated rings. The minimum atomic E-state index is -0.301. The molecule has 0 aromatic carbocycles. The van der Waals surface area contributed by atoms with Gasteiger partial charge in [0.25, 0.3) is 0 Å². The molecule has 2 heterocycles. The van der Waals surface area contributed by atoms with Gasteiger partial charge in [-0.25, -0.2) is 0 Å². The highest BCUT2D eigenvalue weighted by Gasteiger charge is 2.35. The molecule has 0 radical (unpaired) electrons. The molecule has 2 aliphatic heterocycles. The van der Waals surface area contributed by atoms with Gasteiger partial charge in [-0.1, -0.05) is 0 Å². The Kier molecular flexibility index (Phi) is 4.97. The molecular formula is C13H24N2O3. The number of nitrogens with one attached hydrogen (secondary N) is 2. The second-order valence-corrected chi connectivity index (χ2v) is 5.36. The first kappa shape index (κ1) is 13.8. The van der Waals surface area contributed by atoms with E-state index in [0.29, 0.717) is 25.5 Å². The van der Waals surface area contributed by atoms with Crippen molar-refractivity contribution < 1.29 is 14.3 Å². The van der Waals surface area contributed by atoms with Crippen LogP contribution in [0.5, 0.6) is 0 Å². The lowest BCUT2D eigenvalue weighted by Crippen LogP contribution is -2.45. The Morgan fingerprint density at radius 1 is 1.61 bits per heavy atom. The van der Waals surface area contributed by atoms with Crippen LogP contribution in [0.15, 0.2) is 0 Å². The standard InChI is InChI=1S/C13H24N2O3/c1-17-13(5-7-18-10-13)9-15-12(16)3-2-11-4-6-14-8-11/h11,14H,2-10H2,1H3,(H,15,16). The van der Waals surface area contributed by atoms with Crippen LogP contribution in [0.4, 0.5) is 0 Å². The number of ether oxygens (including phenoxy) is 2. The normalized spacial score (nSPS) is 31.7. The Morgan fingerprint density at radius 3 is 3.11 bits per heavy atom. The van der Waals surface area contributed by atoms with Crippen molar-refractivity contribution in [3.8, 4) is 0 Å². The van der Waals surface area contributed by atoms with Crippen LogP contribution in [0.1, 0.15) is 25.7 Å². The van der Waals surface area contributed by atoms with E-state index in [9.17, 15) is 4.79 Å². The van der Waals surface area contributed by atoms with Crippen LogP contribution in [0, 0.1) is 5.92 Å². The Hall–Kier alpha value is -0.650. The van der Waals surface area contributed by atoms with E-state index in [2.05, 4.69) is 10.6 Å². The lowest BCUT2D eigenvalue weighted by molar-refractivity contribution is -0.123. The van der Waals surface area contributed by atoms with Gasteiger partial charge >= 0.3 is 0 Å². The van der Waals surface area contributed by atoms with Gasteiger partial charge in [0.2, 0.25) is 5.91 Å². The van der Waals surface area contributed by atoms with E-state index < -0.39 is 0 Å². The molecule has 0 aromatic heterocycles. The fourth-order valence-electron chi connectivity index (χ4n) is 2.61. The van der Waals surface area contributed by atoms with E-state index in [1.54, 1.807) is 7.11 Å².